The van der Waals surface area contributed by atoms with Crippen molar-refractivity contribution in [1.82, 2.24) is 14.9 Å². The summed E-state index contributed by atoms with van der Waals surface area (Å²) >= 11 is 0. The van der Waals surface area contributed by atoms with Crippen LogP contribution in [0, 0.1) is 5.92 Å². The monoisotopic (exact) mass is 223 g/mol. The average molecular weight is 223 g/mol. The summed E-state index contributed by atoms with van der Waals surface area (Å²) in [6, 6.07) is 0.276. The Balaban J connectivity index is 1.80. The van der Waals surface area contributed by atoms with E-state index in [0.717, 1.165) is 31.6 Å². The van der Waals surface area contributed by atoms with Gasteiger partial charge in [-0.05, 0) is 38.6 Å². The van der Waals surface area contributed by atoms with E-state index in [1.165, 1.54) is 0 Å². The highest BCUT2D eigenvalue weighted by molar-refractivity contribution is 4.97. The van der Waals surface area contributed by atoms with Crippen molar-refractivity contribution in [1.29, 1.82) is 0 Å². The van der Waals surface area contributed by atoms with Gasteiger partial charge in [0.05, 0.1) is 12.1 Å². The number of aliphatic hydroxyl groups excluding tert-OH is 1. The van der Waals surface area contributed by atoms with E-state index < -0.39 is 0 Å². The molecule has 1 aliphatic rings. The van der Waals surface area contributed by atoms with Crippen molar-refractivity contribution in [3.05, 3.63) is 18.2 Å². The molecule has 0 radical (unpaired) electrons. The second-order valence-electron chi connectivity index (χ2n) is 4.86. The molecule has 0 aliphatic heterocycles. The van der Waals surface area contributed by atoms with Crippen molar-refractivity contribution in [2.75, 3.05) is 6.54 Å². The first-order valence-electron chi connectivity index (χ1n) is 6.05. The second-order valence-corrected chi connectivity index (χ2v) is 4.86. The number of rotatable bonds is 4. The zero-order chi connectivity index (χ0) is 11.5. The molecule has 3 atom stereocenters. The number of hydrogen-bond donors (Lipinski definition) is 2. The first-order chi connectivity index (χ1) is 7.66. The minimum Gasteiger partial charge on any atom is -0.393 e. The third kappa shape index (κ3) is 2.62. The number of aryl methyl sites for hydroxylation is 1. The molecular weight excluding hydrogens is 202 g/mol. The Morgan fingerprint density at radius 1 is 1.62 bits per heavy atom. The molecule has 16 heavy (non-hydrogen) atoms. The highest BCUT2D eigenvalue weighted by Gasteiger charge is 2.23. The molecule has 0 aromatic carbocycles. The Morgan fingerprint density at radius 3 is 3.00 bits per heavy atom. The number of aliphatic hydroxyl groups is 1. The van der Waals surface area contributed by atoms with Gasteiger partial charge in [-0.1, -0.05) is 0 Å². The van der Waals surface area contributed by atoms with Crippen LogP contribution in [0.4, 0.5) is 0 Å². The van der Waals surface area contributed by atoms with E-state index in [9.17, 15) is 5.11 Å². The number of nitrogens with one attached hydrogen (secondary N) is 1. The van der Waals surface area contributed by atoms with Gasteiger partial charge in [0, 0.05) is 19.4 Å². The van der Waals surface area contributed by atoms with Crippen LogP contribution in [0.1, 0.15) is 38.1 Å². The first kappa shape index (κ1) is 11.6. The Morgan fingerprint density at radius 2 is 2.44 bits per heavy atom. The molecule has 4 nitrogen and oxygen atoms in total. The van der Waals surface area contributed by atoms with E-state index in [4.69, 9.17) is 0 Å². The number of aromatic nitrogens is 2. The van der Waals surface area contributed by atoms with Crippen molar-refractivity contribution in [2.45, 2.75) is 38.3 Å². The number of hydrogen-bond acceptors (Lipinski definition) is 3. The molecule has 1 aromatic heterocycles. The lowest BCUT2D eigenvalue weighted by Crippen LogP contribution is -2.26. The molecule has 0 spiro atoms. The van der Waals surface area contributed by atoms with Gasteiger partial charge in [-0.3, -0.25) is 0 Å². The average Bonchev–Trinajstić information content (AvgIpc) is 2.84. The second kappa shape index (κ2) is 4.97. The minimum absolute atomic E-state index is 0.0738. The number of nitrogens with zero attached hydrogens (tertiary/aromatic N) is 2. The summed E-state index contributed by atoms with van der Waals surface area (Å²) in [7, 11) is 2.01. The normalized spacial score (nSPS) is 27.2. The molecule has 3 unspecified atom stereocenters. The van der Waals surface area contributed by atoms with E-state index >= 15 is 0 Å². The summed E-state index contributed by atoms with van der Waals surface area (Å²) in [5.41, 5.74) is 0. The van der Waals surface area contributed by atoms with E-state index in [-0.39, 0.29) is 12.1 Å². The van der Waals surface area contributed by atoms with Crippen LogP contribution < -0.4 is 5.32 Å². The maximum atomic E-state index is 9.45. The van der Waals surface area contributed by atoms with E-state index in [1.54, 1.807) is 0 Å². The summed E-state index contributed by atoms with van der Waals surface area (Å²) in [5.74, 6) is 1.69. The van der Waals surface area contributed by atoms with Crippen molar-refractivity contribution >= 4 is 0 Å². The maximum Gasteiger partial charge on any atom is 0.125 e. The SMILES string of the molecule is CC(NCC1CCC(O)C1)c1nccn1C. The van der Waals surface area contributed by atoms with Gasteiger partial charge in [0.25, 0.3) is 0 Å². The topological polar surface area (TPSA) is 50.1 Å². The fourth-order valence-corrected chi connectivity index (χ4v) is 2.46. The summed E-state index contributed by atoms with van der Waals surface area (Å²) in [4.78, 5) is 4.33. The van der Waals surface area contributed by atoms with E-state index in [1.807, 2.05) is 24.0 Å². The van der Waals surface area contributed by atoms with Gasteiger partial charge in [-0.2, -0.15) is 0 Å². The van der Waals surface area contributed by atoms with Crippen molar-refractivity contribution < 1.29 is 5.11 Å². The molecule has 1 aromatic rings. The van der Waals surface area contributed by atoms with Crippen LogP contribution in [-0.2, 0) is 7.05 Å². The van der Waals surface area contributed by atoms with Crippen LogP contribution in [0.25, 0.3) is 0 Å². The largest absolute Gasteiger partial charge is 0.393 e. The lowest BCUT2D eigenvalue weighted by Gasteiger charge is -2.16. The van der Waals surface area contributed by atoms with Gasteiger partial charge in [0.15, 0.2) is 0 Å². The standard InChI is InChI=1S/C12H21N3O/c1-9(12-13-5-6-15(12)2)14-8-10-3-4-11(16)7-10/h5-6,9-11,14,16H,3-4,7-8H2,1-2H3. The molecular formula is C12H21N3O. The Kier molecular flexibility index (Phi) is 3.61. The summed E-state index contributed by atoms with van der Waals surface area (Å²) in [6.07, 6.45) is 6.76. The zero-order valence-corrected chi connectivity index (χ0v) is 10.1. The van der Waals surface area contributed by atoms with Gasteiger partial charge in [-0.15, -0.1) is 0 Å². The quantitative estimate of drug-likeness (QED) is 0.807. The van der Waals surface area contributed by atoms with Gasteiger partial charge in [-0.25, -0.2) is 4.98 Å². The predicted octanol–water partition coefficient (Wildman–Crippen LogP) is 1.23. The van der Waals surface area contributed by atoms with Gasteiger partial charge >= 0.3 is 0 Å². The molecule has 0 amide bonds. The molecule has 0 saturated heterocycles. The van der Waals surface area contributed by atoms with E-state index in [2.05, 4.69) is 17.2 Å². The lowest BCUT2D eigenvalue weighted by molar-refractivity contribution is 0.177. The molecule has 1 saturated carbocycles. The van der Waals surface area contributed by atoms with Crippen molar-refractivity contribution in [3.8, 4) is 0 Å². The Bertz CT molecular complexity index is 337. The van der Waals surface area contributed by atoms with Crippen LogP contribution in [-0.4, -0.2) is 27.3 Å². The van der Waals surface area contributed by atoms with Gasteiger partial charge < -0.3 is 15.0 Å². The fourth-order valence-electron chi connectivity index (χ4n) is 2.46. The molecule has 2 N–H and O–H groups in total. The molecule has 2 rings (SSSR count). The number of imidazole rings is 1. The van der Waals surface area contributed by atoms with Crippen LogP contribution >= 0.6 is 0 Å². The van der Waals surface area contributed by atoms with Crippen LogP contribution in [0.3, 0.4) is 0 Å². The summed E-state index contributed by atoms with van der Waals surface area (Å²) in [5, 5.41) is 12.9. The smallest absolute Gasteiger partial charge is 0.125 e. The van der Waals surface area contributed by atoms with Crippen LogP contribution in [0.5, 0.6) is 0 Å². The van der Waals surface area contributed by atoms with Gasteiger partial charge in [0.2, 0.25) is 0 Å². The van der Waals surface area contributed by atoms with Crippen molar-refractivity contribution in [2.24, 2.45) is 13.0 Å². The summed E-state index contributed by atoms with van der Waals surface area (Å²) < 4.78 is 2.04. The molecule has 1 fully saturated rings. The Hall–Kier alpha value is -0.870. The molecule has 4 heteroatoms. The van der Waals surface area contributed by atoms with Gasteiger partial charge in [0.1, 0.15) is 5.82 Å². The van der Waals surface area contributed by atoms with Crippen molar-refractivity contribution in [3.63, 3.8) is 0 Å². The molecule has 1 heterocycles. The first-order valence-corrected chi connectivity index (χ1v) is 6.05. The zero-order valence-electron chi connectivity index (χ0n) is 10.1. The molecule has 90 valence electrons. The molecule has 1 aliphatic carbocycles. The third-order valence-corrected chi connectivity index (χ3v) is 3.47. The minimum atomic E-state index is -0.0738. The van der Waals surface area contributed by atoms with Crippen LogP contribution in [0.2, 0.25) is 0 Å². The fraction of sp³-hybridized carbons (Fsp3) is 0.750. The Labute approximate surface area is 96.7 Å². The predicted molar refractivity (Wildman–Crippen MR) is 63.0 cm³/mol. The van der Waals surface area contributed by atoms with E-state index in [0.29, 0.717) is 5.92 Å². The summed E-state index contributed by atoms with van der Waals surface area (Å²) in [6.45, 7) is 3.11. The molecule has 0 bridgehead atoms. The lowest BCUT2D eigenvalue weighted by atomic mass is 10.1. The third-order valence-electron chi connectivity index (χ3n) is 3.47. The maximum absolute atomic E-state index is 9.45. The van der Waals surface area contributed by atoms with Crippen LogP contribution in [0.15, 0.2) is 12.4 Å². The highest BCUT2D eigenvalue weighted by Crippen LogP contribution is 2.25. The highest BCUT2D eigenvalue weighted by atomic mass is 16.3.